The Labute approximate surface area is 215 Å². The van der Waals surface area contributed by atoms with Crippen LogP contribution in [0.4, 0.5) is 0 Å². The topological polar surface area (TPSA) is 38.9 Å². The van der Waals surface area contributed by atoms with Crippen LogP contribution in [0.5, 0.6) is 0 Å². The third-order valence-corrected chi connectivity index (χ3v) is 7.18. The summed E-state index contributed by atoms with van der Waals surface area (Å²) < 4.78 is 6.10. The molecule has 7 aromatic rings. The molecule has 3 heteroatoms. The zero-order chi connectivity index (χ0) is 24.8. The SMILES string of the molecule is CCc1ccc(-c2ccc3cc(-c4ccc(-c5cccc6c5oc5ncccc56)nc4)ccc3c2)cc1. The van der Waals surface area contributed by atoms with Crippen LogP contribution in [0.25, 0.3) is 66.4 Å². The molecule has 0 aliphatic heterocycles. The van der Waals surface area contributed by atoms with E-state index in [-0.39, 0.29) is 0 Å². The fourth-order valence-corrected chi connectivity index (χ4v) is 5.10. The van der Waals surface area contributed by atoms with Crippen molar-refractivity contribution in [1.29, 1.82) is 0 Å². The first-order chi connectivity index (χ1) is 18.3. The van der Waals surface area contributed by atoms with Gasteiger partial charge in [0.25, 0.3) is 0 Å². The molecule has 0 fully saturated rings. The molecule has 0 saturated carbocycles. The maximum Gasteiger partial charge on any atom is 0.227 e. The van der Waals surface area contributed by atoms with Crippen LogP contribution >= 0.6 is 0 Å². The highest BCUT2D eigenvalue weighted by Crippen LogP contribution is 2.35. The lowest BCUT2D eigenvalue weighted by Gasteiger charge is -2.08. The molecule has 0 aliphatic rings. The Morgan fingerprint density at radius 3 is 2.05 bits per heavy atom. The Bertz CT molecular complexity index is 1900. The van der Waals surface area contributed by atoms with Gasteiger partial charge in [-0.3, -0.25) is 4.98 Å². The molecule has 0 N–H and O–H groups in total. The normalized spacial score (nSPS) is 11.5. The number of benzene rings is 4. The van der Waals surface area contributed by atoms with Gasteiger partial charge < -0.3 is 4.42 Å². The van der Waals surface area contributed by atoms with Gasteiger partial charge >= 0.3 is 0 Å². The Kier molecular flexibility index (Phi) is 5.07. The summed E-state index contributed by atoms with van der Waals surface area (Å²) in [6, 6.07) is 36.5. The second-order valence-corrected chi connectivity index (χ2v) is 9.40. The summed E-state index contributed by atoms with van der Waals surface area (Å²) in [4.78, 5) is 9.19. The van der Waals surface area contributed by atoms with Gasteiger partial charge in [-0.2, -0.15) is 0 Å². The molecular formula is C34H24N2O. The van der Waals surface area contributed by atoms with Gasteiger partial charge in [-0.25, -0.2) is 4.98 Å². The number of hydrogen-bond acceptors (Lipinski definition) is 3. The standard InChI is InChI=1S/C34H24N2O/c1-2-22-8-10-23(11-9-22)24-12-13-26-20-27(15-14-25(26)19-24)28-16-17-32(36-21-28)31-6-3-5-29-30-7-4-18-35-34(30)37-33(29)31/h3-21H,2H2,1H3. The number of rotatable bonds is 4. The number of hydrogen-bond donors (Lipinski definition) is 0. The summed E-state index contributed by atoms with van der Waals surface area (Å²) >= 11 is 0. The van der Waals surface area contributed by atoms with Crippen LogP contribution < -0.4 is 0 Å². The molecule has 0 spiro atoms. The molecule has 0 bridgehead atoms. The molecule has 176 valence electrons. The van der Waals surface area contributed by atoms with Crippen molar-refractivity contribution in [3.05, 3.63) is 121 Å². The first-order valence-corrected chi connectivity index (χ1v) is 12.6. The van der Waals surface area contributed by atoms with Crippen molar-refractivity contribution in [3.63, 3.8) is 0 Å². The van der Waals surface area contributed by atoms with E-state index in [2.05, 4.69) is 96.8 Å². The smallest absolute Gasteiger partial charge is 0.227 e. The summed E-state index contributed by atoms with van der Waals surface area (Å²) in [5.41, 5.74) is 9.41. The molecule has 0 amide bonds. The van der Waals surface area contributed by atoms with E-state index in [1.807, 2.05) is 24.4 Å². The maximum absolute atomic E-state index is 6.10. The van der Waals surface area contributed by atoms with E-state index in [9.17, 15) is 0 Å². The first kappa shape index (κ1) is 21.5. The predicted molar refractivity (Wildman–Crippen MR) is 153 cm³/mol. The lowest BCUT2D eigenvalue weighted by molar-refractivity contribution is 0.655. The van der Waals surface area contributed by atoms with Crippen LogP contribution in [0.2, 0.25) is 0 Å². The predicted octanol–water partition coefficient (Wildman–Crippen LogP) is 9.09. The molecule has 37 heavy (non-hydrogen) atoms. The van der Waals surface area contributed by atoms with Crippen LogP contribution in [0.15, 0.2) is 120 Å². The van der Waals surface area contributed by atoms with E-state index in [0.29, 0.717) is 5.71 Å². The van der Waals surface area contributed by atoms with E-state index < -0.39 is 0 Å². The van der Waals surface area contributed by atoms with Crippen LogP contribution in [-0.4, -0.2) is 9.97 Å². The number of furan rings is 1. The molecule has 0 radical (unpaired) electrons. The number of pyridine rings is 2. The molecule has 0 saturated heterocycles. The summed E-state index contributed by atoms with van der Waals surface area (Å²) in [5.74, 6) is 0. The molecule has 7 rings (SSSR count). The Morgan fingerprint density at radius 2 is 1.32 bits per heavy atom. The van der Waals surface area contributed by atoms with E-state index in [4.69, 9.17) is 9.40 Å². The number of fused-ring (bicyclic) bond motifs is 4. The van der Waals surface area contributed by atoms with Crippen molar-refractivity contribution in [2.24, 2.45) is 0 Å². The molecule has 3 aromatic heterocycles. The van der Waals surface area contributed by atoms with Gasteiger partial charge in [0.15, 0.2) is 0 Å². The molecule has 3 nitrogen and oxygen atoms in total. The van der Waals surface area contributed by atoms with Crippen molar-refractivity contribution in [1.82, 2.24) is 9.97 Å². The fourth-order valence-electron chi connectivity index (χ4n) is 5.10. The third kappa shape index (κ3) is 3.76. The van der Waals surface area contributed by atoms with Crippen LogP contribution in [0, 0.1) is 0 Å². The highest BCUT2D eigenvalue weighted by atomic mass is 16.3. The average molecular weight is 477 g/mol. The van der Waals surface area contributed by atoms with Crippen LogP contribution in [0.3, 0.4) is 0 Å². The number of aryl methyl sites for hydroxylation is 1. The minimum absolute atomic E-state index is 0.652. The molecule has 0 unspecified atom stereocenters. The van der Waals surface area contributed by atoms with Gasteiger partial charge in [-0.1, -0.05) is 73.7 Å². The second-order valence-electron chi connectivity index (χ2n) is 9.40. The maximum atomic E-state index is 6.10. The Hall–Kier alpha value is -4.76. The van der Waals surface area contributed by atoms with Crippen molar-refractivity contribution in [2.45, 2.75) is 13.3 Å². The summed E-state index contributed by atoms with van der Waals surface area (Å²) in [5, 5.41) is 4.53. The second kappa shape index (κ2) is 8.72. The number of nitrogens with zero attached hydrogens (tertiary/aromatic N) is 2. The largest absolute Gasteiger partial charge is 0.437 e. The van der Waals surface area contributed by atoms with Gasteiger partial charge in [-0.15, -0.1) is 0 Å². The Morgan fingerprint density at radius 1 is 0.622 bits per heavy atom. The summed E-state index contributed by atoms with van der Waals surface area (Å²) in [7, 11) is 0. The third-order valence-electron chi connectivity index (χ3n) is 7.18. The van der Waals surface area contributed by atoms with Crippen molar-refractivity contribution in [3.8, 4) is 33.5 Å². The van der Waals surface area contributed by atoms with E-state index in [1.165, 1.54) is 27.5 Å². The summed E-state index contributed by atoms with van der Waals surface area (Å²) in [6.07, 6.45) is 4.76. The van der Waals surface area contributed by atoms with Crippen molar-refractivity contribution in [2.75, 3.05) is 0 Å². The average Bonchev–Trinajstić information content (AvgIpc) is 3.36. The highest BCUT2D eigenvalue weighted by Gasteiger charge is 2.13. The van der Waals surface area contributed by atoms with Crippen molar-refractivity contribution >= 4 is 32.8 Å². The Balaban J connectivity index is 1.21. The van der Waals surface area contributed by atoms with Gasteiger partial charge in [0, 0.05) is 34.3 Å². The van der Waals surface area contributed by atoms with Crippen LogP contribution in [-0.2, 0) is 6.42 Å². The fraction of sp³-hybridized carbons (Fsp3) is 0.0588. The quantitative estimate of drug-likeness (QED) is 0.254. The summed E-state index contributed by atoms with van der Waals surface area (Å²) in [6.45, 7) is 2.19. The molecule has 0 atom stereocenters. The minimum atomic E-state index is 0.652. The zero-order valence-electron chi connectivity index (χ0n) is 20.5. The molecule has 3 heterocycles. The highest BCUT2D eigenvalue weighted by molar-refractivity contribution is 6.08. The lowest BCUT2D eigenvalue weighted by atomic mass is 9.97. The van der Waals surface area contributed by atoms with E-state index >= 15 is 0 Å². The molecular weight excluding hydrogens is 452 g/mol. The molecule has 4 aromatic carbocycles. The first-order valence-electron chi connectivity index (χ1n) is 12.6. The van der Waals surface area contributed by atoms with E-state index in [1.54, 1.807) is 6.20 Å². The monoisotopic (exact) mass is 476 g/mol. The van der Waals surface area contributed by atoms with E-state index in [0.717, 1.165) is 45.2 Å². The number of aromatic nitrogens is 2. The van der Waals surface area contributed by atoms with Gasteiger partial charge in [0.05, 0.1) is 5.69 Å². The van der Waals surface area contributed by atoms with Crippen molar-refractivity contribution < 1.29 is 4.42 Å². The van der Waals surface area contributed by atoms with Gasteiger partial charge in [0.1, 0.15) is 5.58 Å². The van der Waals surface area contributed by atoms with Crippen LogP contribution in [0.1, 0.15) is 12.5 Å². The number of para-hydroxylation sites is 1. The lowest BCUT2D eigenvalue weighted by Crippen LogP contribution is -1.86. The van der Waals surface area contributed by atoms with Gasteiger partial charge in [-0.05, 0) is 75.8 Å². The minimum Gasteiger partial charge on any atom is -0.437 e. The molecule has 0 aliphatic carbocycles. The zero-order valence-corrected chi connectivity index (χ0v) is 20.5. The van der Waals surface area contributed by atoms with Gasteiger partial charge in [0.2, 0.25) is 5.71 Å².